The van der Waals surface area contributed by atoms with Gasteiger partial charge < -0.3 is 19.5 Å². The summed E-state index contributed by atoms with van der Waals surface area (Å²) < 4.78 is 11.0. The molecule has 0 atom stereocenters. The first kappa shape index (κ1) is 24.6. The second-order valence-corrected chi connectivity index (χ2v) is 9.87. The lowest BCUT2D eigenvalue weighted by atomic mass is 9.84. The molecule has 2 heterocycles. The first-order valence-electron chi connectivity index (χ1n) is 12.3. The van der Waals surface area contributed by atoms with Gasteiger partial charge >= 0.3 is 5.97 Å². The van der Waals surface area contributed by atoms with Gasteiger partial charge in [-0.05, 0) is 71.9 Å². The van der Waals surface area contributed by atoms with Crippen LogP contribution in [0.25, 0.3) is 5.57 Å². The molecule has 5 nitrogen and oxygen atoms in total. The van der Waals surface area contributed by atoms with E-state index in [-0.39, 0.29) is 5.97 Å². The average Bonchev–Trinajstić information content (AvgIpc) is 3.06. The number of piperidine rings is 1. The number of carbonyl (C=O) groups excluding carboxylic acids is 1. The van der Waals surface area contributed by atoms with E-state index in [0.717, 1.165) is 59.6 Å². The van der Waals surface area contributed by atoms with Crippen molar-refractivity contribution in [2.75, 3.05) is 26.7 Å². The Morgan fingerprint density at radius 2 is 1.83 bits per heavy atom. The topological polar surface area (TPSA) is 59.0 Å². The van der Waals surface area contributed by atoms with E-state index in [4.69, 9.17) is 21.1 Å². The zero-order valence-electron chi connectivity index (χ0n) is 20.4. The Balaban J connectivity index is 1.34. The van der Waals surface area contributed by atoms with Crippen molar-refractivity contribution < 1.29 is 19.4 Å². The second kappa shape index (κ2) is 10.5. The maximum Gasteiger partial charge on any atom is 0.337 e. The van der Waals surface area contributed by atoms with Crippen molar-refractivity contribution >= 4 is 23.1 Å². The fourth-order valence-electron chi connectivity index (χ4n) is 5.13. The van der Waals surface area contributed by atoms with Crippen LogP contribution < -0.4 is 4.74 Å². The zero-order chi connectivity index (χ0) is 25.1. The highest BCUT2D eigenvalue weighted by molar-refractivity contribution is 6.30. The van der Waals surface area contributed by atoms with Gasteiger partial charge in [0.15, 0.2) is 0 Å². The van der Waals surface area contributed by atoms with Crippen LogP contribution in [0.4, 0.5) is 0 Å². The SMILES string of the molecule is COC(=O)c1ccc2c(c1)/C(=C\CCN1CCC(O)(c3ccc(Cl)cc3)CC1)c1ccccc1CO2. The molecule has 0 aromatic heterocycles. The molecule has 0 bridgehead atoms. The van der Waals surface area contributed by atoms with Crippen LogP contribution in [0.2, 0.25) is 5.02 Å². The minimum absolute atomic E-state index is 0.365. The lowest BCUT2D eigenvalue weighted by Gasteiger charge is -2.38. The number of halogens is 1. The first-order valence-corrected chi connectivity index (χ1v) is 12.7. The largest absolute Gasteiger partial charge is 0.488 e. The molecular weight excluding hydrogens is 474 g/mol. The molecule has 2 aliphatic heterocycles. The van der Waals surface area contributed by atoms with Crippen molar-refractivity contribution in [1.29, 1.82) is 0 Å². The molecule has 0 radical (unpaired) electrons. The van der Waals surface area contributed by atoms with Gasteiger partial charge in [-0.3, -0.25) is 0 Å². The lowest BCUT2D eigenvalue weighted by Crippen LogP contribution is -2.42. The first-order chi connectivity index (χ1) is 17.5. The molecule has 1 N–H and O–H groups in total. The number of nitrogens with zero attached hydrogens (tertiary/aromatic N) is 1. The number of ether oxygens (including phenoxy) is 2. The Bertz CT molecular complexity index is 1280. The van der Waals surface area contributed by atoms with Crippen LogP contribution in [0.5, 0.6) is 5.75 Å². The van der Waals surface area contributed by atoms with Crippen molar-refractivity contribution in [1.82, 2.24) is 4.90 Å². The van der Waals surface area contributed by atoms with Crippen LogP contribution >= 0.6 is 11.6 Å². The smallest absolute Gasteiger partial charge is 0.337 e. The molecule has 186 valence electrons. The van der Waals surface area contributed by atoms with Crippen LogP contribution in [0.15, 0.2) is 72.8 Å². The Morgan fingerprint density at radius 3 is 2.58 bits per heavy atom. The van der Waals surface area contributed by atoms with E-state index >= 15 is 0 Å². The summed E-state index contributed by atoms with van der Waals surface area (Å²) in [7, 11) is 1.39. The number of methoxy groups -OCH3 is 1. The normalized spacial score (nSPS) is 18.0. The standard InChI is InChI=1S/C30H30ClNO4/c1-35-29(33)21-8-13-28-27(19-21)26(25-6-3-2-5-22(25)20-36-28)7-4-16-32-17-14-30(34,15-18-32)23-9-11-24(31)12-10-23/h2-3,5-13,19,34H,4,14-18,20H2,1H3/b26-7-. The second-order valence-electron chi connectivity index (χ2n) is 9.43. The summed E-state index contributed by atoms with van der Waals surface area (Å²) >= 11 is 6.02. The number of carbonyl (C=O) groups is 1. The Morgan fingerprint density at radius 1 is 1.08 bits per heavy atom. The third-order valence-electron chi connectivity index (χ3n) is 7.24. The molecule has 36 heavy (non-hydrogen) atoms. The van der Waals surface area contributed by atoms with E-state index in [1.165, 1.54) is 7.11 Å². The molecule has 0 spiro atoms. The summed E-state index contributed by atoms with van der Waals surface area (Å²) in [6.07, 6.45) is 4.46. The Labute approximate surface area is 216 Å². The molecule has 0 saturated carbocycles. The quantitative estimate of drug-likeness (QED) is 0.444. The molecule has 1 fully saturated rings. The van der Waals surface area contributed by atoms with Gasteiger partial charge in [0, 0.05) is 30.2 Å². The number of hydrogen-bond donors (Lipinski definition) is 1. The number of hydrogen-bond acceptors (Lipinski definition) is 5. The molecule has 2 aliphatic rings. The van der Waals surface area contributed by atoms with E-state index in [9.17, 15) is 9.90 Å². The molecule has 0 unspecified atom stereocenters. The van der Waals surface area contributed by atoms with E-state index in [1.807, 2.05) is 48.5 Å². The van der Waals surface area contributed by atoms with E-state index in [1.54, 1.807) is 6.07 Å². The highest BCUT2D eigenvalue weighted by atomic mass is 35.5. The van der Waals surface area contributed by atoms with Gasteiger partial charge in [-0.15, -0.1) is 0 Å². The van der Waals surface area contributed by atoms with Gasteiger partial charge in [-0.25, -0.2) is 4.79 Å². The van der Waals surface area contributed by atoms with Crippen LogP contribution in [0.3, 0.4) is 0 Å². The maximum absolute atomic E-state index is 12.2. The van der Waals surface area contributed by atoms with Crippen LogP contribution in [0, 0.1) is 0 Å². The maximum atomic E-state index is 12.2. The predicted molar refractivity (Wildman–Crippen MR) is 141 cm³/mol. The van der Waals surface area contributed by atoms with Crippen LogP contribution in [-0.2, 0) is 16.9 Å². The minimum Gasteiger partial charge on any atom is -0.488 e. The van der Waals surface area contributed by atoms with Gasteiger partial charge in [0.2, 0.25) is 0 Å². The minimum atomic E-state index is -0.805. The molecule has 3 aromatic carbocycles. The van der Waals surface area contributed by atoms with Crippen LogP contribution in [0.1, 0.15) is 51.9 Å². The Kier molecular flexibility index (Phi) is 7.15. The lowest BCUT2D eigenvalue weighted by molar-refractivity contribution is -0.0254. The predicted octanol–water partition coefficient (Wildman–Crippen LogP) is 5.82. The Hall–Kier alpha value is -3.12. The molecule has 0 aliphatic carbocycles. The monoisotopic (exact) mass is 503 g/mol. The van der Waals surface area contributed by atoms with E-state index < -0.39 is 5.60 Å². The summed E-state index contributed by atoms with van der Waals surface area (Å²) in [6, 6.07) is 21.2. The fourth-order valence-corrected chi connectivity index (χ4v) is 5.25. The van der Waals surface area contributed by atoms with Gasteiger partial charge in [-0.1, -0.05) is 54.1 Å². The summed E-state index contributed by atoms with van der Waals surface area (Å²) in [5.74, 6) is 0.396. The molecule has 6 heteroatoms. The molecule has 3 aromatic rings. The van der Waals surface area contributed by atoms with E-state index in [2.05, 4.69) is 23.1 Å². The molecule has 0 amide bonds. The van der Waals surface area contributed by atoms with Crippen LogP contribution in [-0.4, -0.2) is 42.7 Å². The summed E-state index contributed by atoms with van der Waals surface area (Å²) in [4.78, 5) is 14.6. The zero-order valence-corrected chi connectivity index (χ0v) is 21.1. The number of esters is 1. The summed E-state index contributed by atoms with van der Waals surface area (Å²) in [5.41, 5.74) is 4.83. The van der Waals surface area contributed by atoms with Gasteiger partial charge in [0.05, 0.1) is 18.3 Å². The van der Waals surface area contributed by atoms with Crippen molar-refractivity contribution in [2.24, 2.45) is 0 Å². The van der Waals surface area contributed by atoms with Crippen molar-refractivity contribution in [3.63, 3.8) is 0 Å². The molecule has 5 rings (SSSR count). The third-order valence-corrected chi connectivity index (χ3v) is 7.49. The van der Waals surface area contributed by atoms with Gasteiger partial charge in [-0.2, -0.15) is 0 Å². The number of aliphatic hydroxyl groups is 1. The number of benzene rings is 3. The van der Waals surface area contributed by atoms with E-state index in [0.29, 0.717) is 30.0 Å². The van der Waals surface area contributed by atoms with Crippen molar-refractivity contribution in [2.45, 2.75) is 31.5 Å². The third kappa shape index (κ3) is 5.05. The van der Waals surface area contributed by atoms with Gasteiger partial charge in [0.25, 0.3) is 0 Å². The number of likely N-dealkylation sites (tertiary alicyclic amines) is 1. The fraction of sp³-hybridized carbons (Fsp3) is 0.300. The number of rotatable bonds is 5. The summed E-state index contributed by atoms with van der Waals surface area (Å²) in [5, 5.41) is 11.9. The van der Waals surface area contributed by atoms with Crippen molar-refractivity contribution in [3.05, 3.63) is 106 Å². The summed E-state index contributed by atoms with van der Waals surface area (Å²) in [6.45, 7) is 3.01. The van der Waals surface area contributed by atoms with Gasteiger partial charge in [0.1, 0.15) is 12.4 Å². The average molecular weight is 504 g/mol. The number of fused-ring (bicyclic) bond motifs is 2. The molecular formula is C30H30ClNO4. The van der Waals surface area contributed by atoms with Crippen molar-refractivity contribution in [3.8, 4) is 5.75 Å². The highest BCUT2D eigenvalue weighted by Crippen LogP contribution is 2.38. The molecule has 1 saturated heterocycles. The highest BCUT2D eigenvalue weighted by Gasteiger charge is 2.33.